The fourth-order valence-corrected chi connectivity index (χ4v) is 2.49. The van der Waals surface area contributed by atoms with Gasteiger partial charge in [-0.1, -0.05) is 11.2 Å². The van der Waals surface area contributed by atoms with E-state index in [1.165, 1.54) is 0 Å². The van der Waals surface area contributed by atoms with E-state index in [1.54, 1.807) is 18.2 Å². The number of nitrogen functional groups attached to an aromatic ring is 1. The Morgan fingerprint density at radius 3 is 2.81 bits per heavy atom. The molecule has 1 aliphatic heterocycles. The molecule has 3 rings (SSSR count). The third-order valence-electron chi connectivity index (χ3n) is 3.54. The van der Waals surface area contributed by atoms with Gasteiger partial charge in [0.05, 0.1) is 0 Å². The summed E-state index contributed by atoms with van der Waals surface area (Å²) in [6, 6.07) is 5.29. The van der Waals surface area contributed by atoms with Gasteiger partial charge in [-0.15, -0.1) is 0 Å². The number of nitrogens with zero attached hydrogens (tertiary/aromatic N) is 3. The minimum Gasteiger partial charge on any atom is -0.384 e. The number of rotatable bonds is 4. The second-order valence-electron chi connectivity index (χ2n) is 4.91. The van der Waals surface area contributed by atoms with Gasteiger partial charge in [-0.05, 0) is 19.1 Å². The van der Waals surface area contributed by atoms with E-state index in [0.29, 0.717) is 55.9 Å². The SMILES string of the molecule is CCOC1(c2noc(-c3cccc(N)n3)n2)CCOCC1. The summed E-state index contributed by atoms with van der Waals surface area (Å²) in [5.41, 5.74) is 5.71. The molecule has 1 aliphatic rings. The van der Waals surface area contributed by atoms with Gasteiger partial charge >= 0.3 is 0 Å². The Bertz CT molecular complexity index is 602. The molecule has 0 saturated carbocycles. The van der Waals surface area contributed by atoms with Crippen LogP contribution in [0.2, 0.25) is 0 Å². The summed E-state index contributed by atoms with van der Waals surface area (Å²) >= 11 is 0. The molecule has 0 spiro atoms. The first kappa shape index (κ1) is 14.0. The third kappa shape index (κ3) is 2.74. The van der Waals surface area contributed by atoms with Gasteiger partial charge in [0.1, 0.15) is 17.1 Å². The highest BCUT2D eigenvalue weighted by Gasteiger charge is 2.40. The molecule has 0 bridgehead atoms. The van der Waals surface area contributed by atoms with E-state index in [1.807, 2.05) is 6.92 Å². The van der Waals surface area contributed by atoms with Crippen molar-refractivity contribution in [2.24, 2.45) is 0 Å². The lowest BCUT2D eigenvalue weighted by Gasteiger charge is -2.33. The number of ether oxygens (including phenoxy) is 2. The quantitative estimate of drug-likeness (QED) is 0.916. The maximum atomic E-state index is 5.92. The smallest absolute Gasteiger partial charge is 0.276 e. The van der Waals surface area contributed by atoms with E-state index in [-0.39, 0.29) is 0 Å². The van der Waals surface area contributed by atoms with Crippen LogP contribution in [0.3, 0.4) is 0 Å². The molecule has 0 radical (unpaired) electrons. The van der Waals surface area contributed by atoms with Gasteiger partial charge in [-0.2, -0.15) is 4.98 Å². The number of nitrogens with two attached hydrogens (primary N) is 1. The summed E-state index contributed by atoms with van der Waals surface area (Å²) in [7, 11) is 0. The van der Waals surface area contributed by atoms with Crippen LogP contribution in [0.5, 0.6) is 0 Å². The Labute approximate surface area is 122 Å². The molecule has 0 aromatic carbocycles. The lowest BCUT2D eigenvalue weighted by atomic mass is 9.93. The van der Waals surface area contributed by atoms with Crippen molar-refractivity contribution in [2.75, 3.05) is 25.6 Å². The fourth-order valence-electron chi connectivity index (χ4n) is 2.49. The number of hydrogen-bond donors (Lipinski definition) is 1. The summed E-state index contributed by atoms with van der Waals surface area (Å²) in [6.07, 6.45) is 1.42. The molecule has 21 heavy (non-hydrogen) atoms. The minimum absolute atomic E-state index is 0.350. The lowest BCUT2D eigenvalue weighted by Crippen LogP contribution is -2.37. The van der Waals surface area contributed by atoms with Gasteiger partial charge in [0.25, 0.3) is 5.89 Å². The van der Waals surface area contributed by atoms with Crippen LogP contribution in [-0.4, -0.2) is 34.9 Å². The molecule has 0 atom stereocenters. The van der Waals surface area contributed by atoms with Crippen LogP contribution in [0.25, 0.3) is 11.6 Å². The second kappa shape index (κ2) is 5.79. The average molecular weight is 290 g/mol. The zero-order valence-corrected chi connectivity index (χ0v) is 11.9. The summed E-state index contributed by atoms with van der Waals surface area (Å²) in [6.45, 7) is 3.79. The normalized spacial score (nSPS) is 17.8. The van der Waals surface area contributed by atoms with E-state index < -0.39 is 5.60 Å². The molecule has 0 amide bonds. The number of pyridine rings is 1. The molecule has 112 valence electrons. The van der Waals surface area contributed by atoms with Crippen molar-refractivity contribution in [1.29, 1.82) is 0 Å². The van der Waals surface area contributed by atoms with E-state index in [2.05, 4.69) is 15.1 Å². The highest BCUT2D eigenvalue weighted by atomic mass is 16.5. The Balaban J connectivity index is 1.92. The fraction of sp³-hybridized carbons (Fsp3) is 0.500. The van der Waals surface area contributed by atoms with Crippen molar-refractivity contribution >= 4 is 5.82 Å². The predicted molar refractivity (Wildman–Crippen MR) is 75.3 cm³/mol. The zero-order valence-electron chi connectivity index (χ0n) is 11.9. The summed E-state index contributed by atoms with van der Waals surface area (Å²) < 4.78 is 16.7. The Hall–Kier alpha value is -1.99. The van der Waals surface area contributed by atoms with Crippen LogP contribution in [0.15, 0.2) is 22.7 Å². The molecule has 1 saturated heterocycles. The highest BCUT2D eigenvalue weighted by molar-refractivity contribution is 5.50. The first-order valence-corrected chi connectivity index (χ1v) is 7.02. The van der Waals surface area contributed by atoms with E-state index in [0.717, 1.165) is 0 Å². The van der Waals surface area contributed by atoms with Crippen LogP contribution in [0.1, 0.15) is 25.6 Å². The monoisotopic (exact) mass is 290 g/mol. The van der Waals surface area contributed by atoms with Gasteiger partial charge in [-0.25, -0.2) is 4.98 Å². The topological polar surface area (TPSA) is 96.3 Å². The molecule has 3 heterocycles. The predicted octanol–water partition coefficient (Wildman–Crippen LogP) is 1.76. The maximum absolute atomic E-state index is 5.92. The lowest BCUT2D eigenvalue weighted by molar-refractivity contribution is -0.118. The standard InChI is InChI=1S/C14H18N4O3/c1-2-20-14(6-8-19-9-7-14)13-17-12(21-18-13)10-4-3-5-11(15)16-10/h3-5H,2,6-9H2,1H3,(H2,15,16). The molecular formula is C14H18N4O3. The van der Waals surface area contributed by atoms with E-state index in [9.17, 15) is 0 Å². The number of anilines is 1. The van der Waals surface area contributed by atoms with Gasteiger partial charge in [0.2, 0.25) is 5.82 Å². The summed E-state index contributed by atoms with van der Waals surface area (Å²) in [4.78, 5) is 8.65. The highest BCUT2D eigenvalue weighted by Crippen LogP contribution is 2.35. The van der Waals surface area contributed by atoms with Crippen LogP contribution < -0.4 is 5.73 Å². The second-order valence-corrected chi connectivity index (χ2v) is 4.91. The molecule has 2 aromatic rings. The largest absolute Gasteiger partial charge is 0.384 e. The van der Waals surface area contributed by atoms with Gasteiger partial charge < -0.3 is 19.7 Å². The number of hydrogen-bond acceptors (Lipinski definition) is 7. The van der Waals surface area contributed by atoms with Crippen molar-refractivity contribution in [2.45, 2.75) is 25.4 Å². The summed E-state index contributed by atoms with van der Waals surface area (Å²) in [5, 5.41) is 4.09. The van der Waals surface area contributed by atoms with Crippen molar-refractivity contribution in [3.8, 4) is 11.6 Å². The molecule has 2 N–H and O–H groups in total. The Morgan fingerprint density at radius 1 is 1.29 bits per heavy atom. The van der Waals surface area contributed by atoms with Crippen molar-refractivity contribution < 1.29 is 14.0 Å². The van der Waals surface area contributed by atoms with E-state index >= 15 is 0 Å². The van der Waals surface area contributed by atoms with Gasteiger partial charge in [0.15, 0.2) is 0 Å². The van der Waals surface area contributed by atoms with E-state index in [4.69, 9.17) is 19.7 Å². The third-order valence-corrected chi connectivity index (χ3v) is 3.54. The van der Waals surface area contributed by atoms with Gasteiger partial charge in [-0.3, -0.25) is 0 Å². The zero-order chi connectivity index (χ0) is 14.7. The first-order valence-electron chi connectivity index (χ1n) is 7.02. The number of aromatic nitrogens is 3. The molecule has 7 nitrogen and oxygen atoms in total. The molecular weight excluding hydrogens is 272 g/mol. The van der Waals surface area contributed by atoms with Crippen molar-refractivity contribution in [3.63, 3.8) is 0 Å². The molecule has 2 aromatic heterocycles. The molecule has 1 fully saturated rings. The van der Waals surface area contributed by atoms with Crippen molar-refractivity contribution in [3.05, 3.63) is 24.0 Å². The Kier molecular flexibility index (Phi) is 3.85. The Morgan fingerprint density at radius 2 is 2.10 bits per heavy atom. The average Bonchev–Trinajstić information content (AvgIpc) is 2.99. The minimum atomic E-state index is -0.533. The maximum Gasteiger partial charge on any atom is 0.276 e. The van der Waals surface area contributed by atoms with Crippen LogP contribution in [-0.2, 0) is 15.1 Å². The molecule has 7 heteroatoms. The first-order chi connectivity index (χ1) is 10.2. The van der Waals surface area contributed by atoms with Crippen LogP contribution in [0, 0.1) is 0 Å². The summed E-state index contributed by atoms with van der Waals surface area (Å²) in [5.74, 6) is 1.31. The molecule has 0 unspecified atom stereocenters. The molecule has 0 aliphatic carbocycles. The van der Waals surface area contributed by atoms with Crippen molar-refractivity contribution in [1.82, 2.24) is 15.1 Å². The van der Waals surface area contributed by atoms with Crippen LogP contribution in [0.4, 0.5) is 5.82 Å². The van der Waals surface area contributed by atoms with Crippen LogP contribution >= 0.6 is 0 Å². The van der Waals surface area contributed by atoms with Gasteiger partial charge in [0, 0.05) is 32.7 Å².